The predicted octanol–water partition coefficient (Wildman–Crippen LogP) is 3.62. The number of aryl methyl sites for hydroxylation is 1. The van der Waals surface area contributed by atoms with Crippen LogP contribution < -0.4 is 5.32 Å². The van der Waals surface area contributed by atoms with E-state index in [1.54, 1.807) is 6.20 Å². The molecule has 1 amide bonds. The number of carbonyl (C=O) groups is 1. The van der Waals surface area contributed by atoms with Gasteiger partial charge in [0.15, 0.2) is 0 Å². The molecule has 4 heteroatoms. The lowest BCUT2D eigenvalue weighted by molar-refractivity contribution is 0.0698. The van der Waals surface area contributed by atoms with E-state index in [-0.39, 0.29) is 5.91 Å². The number of anilines is 1. The van der Waals surface area contributed by atoms with Crippen molar-refractivity contribution in [3.8, 4) is 0 Å². The molecule has 2 rings (SSSR count). The Bertz CT molecular complexity index is 487. The molecule has 1 fully saturated rings. The van der Waals surface area contributed by atoms with Crippen molar-refractivity contribution in [2.24, 2.45) is 0 Å². The van der Waals surface area contributed by atoms with Crippen molar-refractivity contribution in [2.45, 2.75) is 58.9 Å². The van der Waals surface area contributed by atoms with Crippen LogP contribution in [-0.2, 0) is 0 Å². The molecule has 21 heavy (non-hydrogen) atoms. The number of pyridine rings is 1. The van der Waals surface area contributed by atoms with Crippen molar-refractivity contribution < 1.29 is 4.79 Å². The summed E-state index contributed by atoms with van der Waals surface area (Å²) in [6, 6.07) is 2.30. The number of rotatable bonds is 4. The van der Waals surface area contributed by atoms with E-state index in [1.165, 1.54) is 12.8 Å². The summed E-state index contributed by atoms with van der Waals surface area (Å²) in [4.78, 5) is 19.3. The second-order valence-corrected chi connectivity index (χ2v) is 5.99. The minimum Gasteiger partial charge on any atom is -0.384 e. The maximum atomic E-state index is 12.9. The van der Waals surface area contributed by atoms with Crippen LogP contribution >= 0.6 is 0 Å². The van der Waals surface area contributed by atoms with E-state index < -0.39 is 0 Å². The highest BCUT2D eigenvalue weighted by Crippen LogP contribution is 2.23. The number of hydrogen-bond donors (Lipinski definition) is 1. The van der Waals surface area contributed by atoms with E-state index in [1.807, 2.05) is 17.9 Å². The molecule has 1 atom stereocenters. The summed E-state index contributed by atoms with van der Waals surface area (Å²) in [6.45, 7) is 7.98. The minimum atomic E-state index is 0.121. The van der Waals surface area contributed by atoms with Gasteiger partial charge in [-0.25, -0.2) is 0 Å². The lowest BCUT2D eigenvalue weighted by Crippen LogP contribution is -2.38. The number of likely N-dealkylation sites (tertiary alicyclic amines) is 1. The summed E-state index contributed by atoms with van der Waals surface area (Å²) in [5, 5.41) is 3.37. The third kappa shape index (κ3) is 3.96. The second kappa shape index (κ2) is 7.43. The van der Waals surface area contributed by atoms with Crippen molar-refractivity contribution in [1.29, 1.82) is 0 Å². The van der Waals surface area contributed by atoms with Gasteiger partial charge < -0.3 is 10.2 Å². The summed E-state index contributed by atoms with van der Waals surface area (Å²) in [5.74, 6) is 0.121. The van der Waals surface area contributed by atoms with Gasteiger partial charge in [0.05, 0.1) is 11.3 Å². The highest BCUT2D eigenvalue weighted by molar-refractivity contribution is 5.99. The zero-order valence-corrected chi connectivity index (χ0v) is 13.5. The maximum absolute atomic E-state index is 12.9. The average Bonchev–Trinajstić information content (AvgIpc) is 2.69. The molecule has 1 unspecified atom stereocenters. The molecule has 0 aliphatic carbocycles. The topological polar surface area (TPSA) is 45.2 Å². The molecule has 1 N–H and O–H groups in total. The van der Waals surface area contributed by atoms with E-state index in [4.69, 9.17) is 0 Å². The van der Waals surface area contributed by atoms with Crippen molar-refractivity contribution in [3.63, 3.8) is 0 Å². The Kier molecular flexibility index (Phi) is 5.59. The third-order valence-corrected chi connectivity index (χ3v) is 4.15. The average molecular weight is 289 g/mol. The summed E-state index contributed by atoms with van der Waals surface area (Å²) >= 11 is 0. The molecule has 0 aromatic carbocycles. The van der Waals surface area contributed by atoms with Crippen LogP contribution in [0.1, 0.15) is 62.0 Å². The lowest BCUT2D eigenvalue weighted by Gasteiger charge is -2.28. The number of hydrogen-bond acceptors (Lipinski definition) is 3. The molecule has 0 saturated carbocycles. The first-order chi connectivity index (χ1) is 10.1. The molecule has 1 aliphatic rings. The molecule has 0 radical (unpaired) electrons. The first-order valence-electron chi connectivity index (χ1n) is 8.15. The van der Waals surface area contributed by atoms with Gasteiger partial charge in [-0.05, 0) is 39.2 Å². The normalized spacial score (nSPS) is 19.2. The van der Waals surface area contributed by atoms with Crippen LogP contribution in [0.2, 0.25) is 0 Å². The number of nitrogens with zero attached hydrogens (tertiary/aromatic N) is 2. The van der Waals surface area contributed by atoms with Crippen LogP contribution in [0.4, 0.5) is 5.69 Å². The Morgan fingerprint density at radius 2 is 2.24 bits per heavy atom. The highest BCUT2D eigenvalue weighted by Gasteiger charge is 2.25. The highest BCUT2D eigenvalue weighted by atomic mass is 16.2. The van der Waals surface area contributed by atoms with Crippen LogP contribution in [-0.4, -0.2) is 34.9 Å². The quantitative estimate of drug-likeness (QED) is 0.921. The Balaban J connectivity index is 2.24. The molecule has 1 aromatic rings. The smallest absolute Gasteiger partial charge is 0.257 e. The first kappa shape index (κ1) is 15.8. The largest absolute Gasteiger partial charge is 0.384 e. The number of carbonyl (C=O) groups excluding carboxylic acids is 1. The third-order valence-electron chi connectivity index (χ3n) is 4.15. The monoisotopic (exact) mass is 289 g/mol. The number of aromatic nitrogens is 1. The number of amides is 1. The minimum absolute atomic E-state index is 0.121. The van der Waals surface area contributed by atoms with Gasteiger partial charge in [-0.3, -0.25) is 9.78 Å². The molecule has 0 spiro atoms. The van der Waals surface area contributed by atoms with Crippen molar-refractivity contribution in [1.82, 2.24) is 9.88 Å². The van der Waals surface area contributed by atoms with Crippen LogP contribution in [0.15, 0.2) is 12.3 Å². The van der Waals surface area contributed by atoms with E-state index in [0.29, 0.717) is 11.6 Å². The van der Waals surface area contributed by atoms with Gasteiger partial charge in [0.2, 0.25) is 0 Å². The molecule has 1 saturated heterocycles. The summed E-state index contributed by atoms with van der Waals surface area (Å²) in [5.41, 5.74) is 2.57. The lowest BCUT2D eigenvalue weighted by atomic mass is 10.1. The maximum Gasteiger partial charge on any atom is 0.257 e. The zero-order chi connectivity index (χ0) is 15.2. The second-order valence-electron chi connectivity index (χ2n) is 5.99. The predicted molar refractivity (Wildman–Crippen MR) is 86.7 cm³/mol. The summed E-state index contributed by atoms with van der Waals surface area (Å²) in [6.07, 6.45) is 7.41. The van der Waals surface area contributed by atoms with Gasteiger partial charge in [0, 0.05) is 31.0 Å². The molecular formula is C17H27N3O. The van der Waals surface area contributed by atoms with E-state index in [0.717, 1.165) is 43.7 Å². The first-order valence-corrected chi connectivity index (χ1v) is 8.15. The summed E-state index contributed by atoms with van der Waals surface area (Å²) in [7, 11) is 0. The van der Waals surface area contributed by atoms with Crippen LogP contribution in [0.3, 0.4) is 0 Å². The fourth-order valence-corrected chi connectivity index (χ4v) is 2.87. The summed E-state index contributed by atoms with van der Waals surface area (Å²) < 4.78 is 0. The van der Waals surface area contributed by atoms with Crippen LogP contribution in [0, 0.1) is 6.92 Å². The van der Waals surface area contributed by atoms with Crippen molar-refractivity contribution >= 4 is 11.6 Å². The molecule has 1 aliphatic heterocycles. The Morgan fingerprint density at radius 3 is 3.00 bits per heavy atom. The molecule has 2 heterocycles. The van der Waals surface area contributed by atoms with Crippen molar-refractivity contribution in [2.75, 3.05) is 18.4 Å². The SMILES string of the molecule is CCCNc1cc(C)ncc1C(=O)N1CCCCCC1C. The van der Waals surface area contributed by atoms with Crippen molar-refractivity contribution in [3.05, 3.63) is 23.5 Å². The van der Waals surface area contributed by atoms with Crippen LogP contribution in [0.5, 0.6) is 0 Å². The Morgan fingerprint density at radius 1 is 1.43 bits per heavy atom. The Labute approximate surface area is 127 Å². The van der Waals surface area contributed by atoms with Gasteiger partial charge >= 0.3 is 0 Å². The standard InChI is InChI=1S/C17H27N3O/c1-4-9-18-16-11-13(2)19-12-15(16)17(21)20-10-7-5-6-8-14(20)3/h11-12,14H,4-10H2,1-3H3,(H,18,19). The molecule has 4 nitrogen and oxygen atoms in total. The molecule has 116 valence electrons. The molecular weight excluding hydrogens is 262 g/mol. The van der Waals surface area contributed by atoms with E-state index in [2.05, 4.69) is 24.1 Å². The van der Waals surface area contributed by atoms with Gasteiger partial charge in [0.1, 0.15) is 0 Å². The number of nitrogens with one attached hydrogen (secondary N) is 1. The molecule has 0 bridgehead atoms. The van der Waals surface area contributed by atoms with Crippen LogP contribution in [0.25, 0.3) is 0 Å². The van der Waals surface area contributed by atoms with Gasteiger partial charge in [-0.15, -0.1) is 0 Å². The fraction of sp³-hybridized carbons (Fsp3) is 0.647. The van der Waals surface area contributed by atoms with Gasteiger partial charge in [-0.1, -0.05) is 19.8 Å². The zero-order valence-electron chi connectivity index (χ0n) is 13.5. The fourth-order valence-electron chi connectivity index (χ4n) is 2.87. The van der Waals surface area contributed by atoms with Gasteiger partial charge in [0.25, 0.3) is 5.91 Å². The Hall–Kier alpha value is -1.58. The molecule has 1 aromatic heterocycles. The van der Waals surface area contributed by atoms with Gasteiger partial charge in [-0.2, -0.15) is 0 Å². The van der Waals surface area contributed by atoms with E-state index in [9.17, 15) is 4.79 Å². The van der Waals surface area contributed by atoms with E-state index >= 15 is 0 Å².